The second-order valence-corrected chi connectivity index (χ2v) is 9.99. The maximum atomic E-state index is 13.3. The van der Waals surface area contributed by atoms with E-state index in [1.807, 2.05) is 32.0 Å². The molecule has 5 rings (SSSR count). The zero-order chi connectivity index (χ0) is 27.0. The van der Waals surface area contributed by atoms with Crippen LogP contribution in [0.1, 0.15) is 37.2 Å². The minimum atomic E-state index is -0.498. The molecule has 0 unspecified atom stereocenters. The Bertz CT molecular complexity index is 1760. The smallest absolute Gasteiger partial charge is 0.332 e. The number of benzene rings is 2. The summed E-state index contributed by atoms with van der Waals surface area (Å²) in [6.07, 6.45) is 1.44. The minimum absolute atomic E-state index is 0.0182. The van der Waals surface area contributed by atoms with Gasteiger partial charge in [-0.05, 0) is 35.1 Å². The fraction of sp³-hybridized carbons (Fsp3) is 0.357. The van der Waals surface area contributed by atoms with E-state index in [0.29, 0.717) is 48.6 Å². The number of rotatable bonds is 8. The molecule has 1 N–H and O–H groups in total. The molecule has 0 fully saturated rings. The van der Waals surface area contributed by atoms with Crippen LogP contribution in [0, 0.1) is 5.92 Å². The summed E-state index contributed by atoms with van der Waals surface area (Å²) in [5.41, 5.74) is 2.96. The fourth-order valence-electron chi connectivity index (χ4n) is 4.88. The van der Waals surface area contributed by atoms with Crippen molar-refractivity contribution in [2.75, 3.05) is 6.61 Å². The second kappa shape index (κ2) is 10.3. The summed E-state index contributed by atoms with van der Waals surface area (Å²) in [5.74, 6) is 0.155. The average molecular weight is 514 g/mol. The van der Waals surface area contributed by atoms with Gasteiger partial charge < -0.3 is 5.11 Å². The van der Waals surface area contributed by atoms with Crippen LogP contribution >= 0.6 is 0 Å². The Labute approximate surface area is 219 Å². The molecule has 3 aromatic heterocycles. The van der Waals surface area contributed by atoms with E-state index < -0.39 is 11.2 Å². The zero-order valence-electron chi connectivity index (χ0n) is 22.0. The molecule has 5 aromatic rings. The highest BCUT2D eigenvalue weighted by Gasteiger charge is 2.24. The molecular weight excluding hydrogens is 482 g/mol. The molecule has 0 aliphatic rings. The SMILES string of the molecule is CC(C)Cn1c(=O)n(C)c(=O)c2nc(-c3c(CCCO)nnn3C)c(Cc3cccc4ccccc34)nc21. The van der Waals surface area contributed by atoms with Gasteiger partial charge in [0.15, 0.2) is 11.2 Å². The molecule has 2 aromatic carbocycles. The number of nitrogens with zero attached hydrogens (tertiary/aromatic N) is 7. The van der Waals surface area contributed by atoms with E-state index in [2.05, 4.69) is 34.6 Å². The Hall–Kier alpha value is -4.18. The third kappa shape index (κ3) is 4.51. The third-order valence-corrected chi connectivity index (χ3v) is 6.71. The van der Waals surface area contributed by atoms with Crippen LogP contribution < -0.4 is 11.2 Å². The maximum absolute atomic E-state index is 13.3. The summed E-state index contributed by atoms with van der Waals surface area (Å²) < 4.78 is 4.25. The lowest BCUT2D eigenvalue weighted by molar-refractivity contribution is 0.288. The van der Waals surface area contributed by atoms with Gasteiger partial charge in [0.25, 0.3) is 5.56 Å². The lowest BCUT2D eigenvalue weighted by atomic mass is 9.99. The van der Waals surface area contributed by atoms with Crippen molar-refractivity contribution in [3.63, 3.8) is 0 Å². The average Bonchev–Trinajstić information content (AvgIpc) is 3.28. The Morgan fingerprint density at radius 2 is 1.74 bits per heavy atom. The highest BCUT2D eigenvalue weighted by molar-refractivity contribution is 5.86. The standard InChI is InChI=1S/C28H31N7O3/c1-17(2)16-35-26-24(27(37)33(3)28(35)38)30-23(25-21(13-8-14-36)31-32-34(25)4)22(29-26)15-19-11-7-10-18-9-5-6-12-20(18)19/h5-7,9-12,17,36H,8,13-16H2,1-4H3. The highest BCUT2D eigenvalue weighted by atomic mass is 16.3. The number of fused-ring (bicyclic) bond motifs is 2. The number of hydrogen-bond acceptors (Lipinski definition) is 7. The van der Waals surface area contributed by atoms with Crippen LogP contribution in [0.4, 0.5) is 0 Å². The van der Waals surface area contributed by atoms with E-state index in [4.69, 9.17) is 9.97 Å². The molecule has 0 saturated carbocycles. The molecule has 0 atom stereocenters. The van der Waals surface area contributed by atoms with Crippen LogP contribution in [0.3, 0.4) is 0 Å². The van der Waals surface area contributed by atoms with E-state index in [1.54, 1.807) is 16.3 Å². The van der Waals surface area contributed by atoms with Crippen molar-refractivity contribution in [1.82, 2.24) is 34.1 Å². The maximum Gasteiger partial charge on any atom is 0.332 e. The molecule has 3 heterocycles. The van der Waals surface area contributed by atoms with Gasteiger partial charge in [-0.3, -0.25) is 13.9 Å². The Morgan fingerprint density at radius 1 is 0.974 bits per heavy atom. The molecule has 0 spiro atoms. The van der Waals surface area contributed by atoms with Gasteiger partial charge in [0.2, 0.25) is 0 Å². The first kappa shape index (κ1) is 25.5. The van der Waals surface area contributed by atoms with Crippen LogP contribution in [-0.4, -0.2) is 45.8 Å². The van der Waals surface area contributed by atoms with E-state index >= 15 is 0 Å². The van der Waals surface area contributed by atoms with E-state index in [1.165, 1.54) is 7.05 Å². The first-order chi connectivity index (χ1) is 18.3. The van der Waals surface area contributed by atoms with E-state index in [-0.39, 0.29) is 23.7 Å². The first-order valence-electron chi connectivity index (χ1n) is 12.8. The predicted octanol–water partition coefficient (Wildman–Crippen LogP) is 2.61. The van der Waals surface area contributed by atoms with Crippen LogP contribution in [0.5, 0.6) is 0 Å². The summed E-state index contributed by atoms with van der Waals surface area (Å²) in [5, 5.41) is 20.2. The van der Waals surface area contributed by atoms with Crippen LogP contribution in [0.2, 0.25) is 0 Å². The summed E-state index contributed by atoms with van der Waals surface area (Å²) >= 11 is 0. The Morgan fingerprint density at radius 3 is 2.50 bits per heavy atom. The van der Waals surface area contributed by atoms with Crippen LogP contribution in [0.15, 0.2) is 52.1 Å². The lowest BCUT2D eigenvalue weighted by Gasteiger charge is -2.16. The van der Waals surface area contributed by atoms with Gasteiger partial charge in [0, 0.05) is 33.7 Å². The lowest BCUT2D eigenvalue weighted by Crippen LogP contribution is -2.40. The van der Waals surface area contributed by atoms with Gasteiger partial charge >= 0.3 is 5.69 Å². The van der Waals surface area contributed by atoms with Crippen molar-refractivity contribution in [3.8, 4) is 11.4 Å². The second-order valence-electron chi connectivity index (χ2n) is 9.99. The Balaban J connectivity index is 1.83. The number of aryl methyl sites for hydroxylation is 2. The first-order valence-corrected chi connectivity index (χ1v) is 12.8. The molecule has 0 bridgehead atoms. The fourth-order valence-corrected chi connectivity index (χ4v) is 4.88. The molecule has 38 heavy (non-hydrogen) atoms. The van der Waals surface area contributed by atoms with Crippen molar-refractivity contribution in [2.45, 2.75) is 39.7 Å². The van der Waals surface area contributed by atoms with Gasteiger partial charge in [-0.15, -0.1) is 5.10 Å². The van der Waals surface area contributed by atoms with Gasteiger partial charge in [-0.2, -0.15) is 0 Å². The third-order valence-electron chi connectivity index (χ3n) is 6.71. The van der Waals surface area contributed by atoms with E-state index in [0.717, 1.165) is 20.9 Å². The molecule has 10 heteroatoms. The zero-order valence-corrected chi connectivity index (χ0v) is 22.0. The van der Waals surface area contributed by atoms with E-state index in [9.17, 15) is 14.7 Å². The van der Waals surface area contributed by atoms with Gasteiger partial charge in [0.05, 0.1) is 11.4 Å². The molecule has 0 aliphatic heterocycles. The number of aliphatic hydroxyl groups is 1. The largest absolute Gasteiger partial charge is 0.396 e. The molecule has 0 saturated heterocycles. The predicted molar refractivity (Wildman–Crippen MR) is 146 cm³/mol. The molecule has 10 nitrogen and oxygen atoms in total. The summed E-state index contributed by atoms with van der Waals surface area (Å²) in [4.78, 5) is 36.3. The Kier molecular flexibility index (Phi) is 6.90. The number of aliphatic hydroxyl groups excluding tert-OH is 1. The molecule has 0 amide bonds. The molecular formula is C28H31N7O3. The summed E-state index contributed by atoms with van der Waals surface area (Å²) in [6, 6.07) is 14.3. The van der Waals surface area contributed by atoms with Crippen molar-refractivity contribution >= 4 is 21.9 Å². The van der Waals surface area contributed by atoms with Crippen LogP contribution in [-0.2, 0) is 33.5 Å². The van der Waals surface area contributed by atoms with Gasteiger partial charge in [-0.25, -0.2) is 19.4 Å². The van der Waals surface area contributed by atoms with Crippen molar-refractivity contribution in [1.29, 1.82) is 0 Å². The highest BCUT2D eigenvalue weighted by Crippen LogP contribution is 2.29. The normalized spacial score (nSPS) is 11.7. The summed E-state index contributed by atoms with van der Waals surface area (Å²) in [7, 11) is 3.24. The molecule has 0 aliphatic carbocycles. The van der Waals surface area contributed by atoms with Gasteiger partial charge in [-0.1, -0.05) is 61.5 Å². The number of aromatic nitrogens is 7. The molecule has 196 valence electrons. The van der Waals surface area contributed by atoms with Crippen molar-refractivity contribution < 1.29 is 5.11 Å². The monoisotopic (exact) mass is 513 g/mol. The molecule has 0 radical (unpaired) electrons. The quantitative estimate of drug-likeness (QED) is 0.339. The van der Waals surface area contributed by atoms with Gasteiger partial charge in [0.1, 0.15) is 11.4 Å². The van der Waals surface area contributed by atoms with Crippen molar-refractivity contribution in [2.24, 2.45) is 20.0 Å². The topological polar surface area (TPSA) is 121 Å². The number of hydrogen-bond donors (Lipinski definition) is 1. The minimum Gasteiger partial charge on any atom is -0.396 e. The summed E-state index contributed by atoms with van der Waals surface area (Å²) in [6.45, 7) is 4.44. The van der Waals surface area contributed by atoms with Crippen molar-refractivity contribution in [3.05, 3.63) is 80.3 Å². The van der Waals surface area contributed by atoms with Crippen LogP contribution in [0.25, 0.3) is 33.3 Å².